The highest BCUT2D eigenvalue weighted by Crippen LogP contribution is 2.45. The van der Waals surface area contributed by atoms with Gasteiger partial charge in [0.1, 0.15) is 19.8 Å². The molecule has 0 aromatic heterocycles. The van der Waals surface area contributed by atoms with Gasteiger partial charge in [-0.05, 0) is 109 Å². The highest BCUT2D eigenvalue weighted by Gasteiger charge is 2.33. The Labute approximate surface area is 296 Å². The summed E-state index contributed by atoms with van der Waals surface area (Å²) < 4.78 is 17.2. The third-order valence-corrected chi connectivity index (χ3v) is 9.95. The first-order valence-corrected chi connectivity index (χ1v) is 17.2. The molecule has 2 aliphatic heterocycles. The molecule has 0 radical (unpaired) electrons. The summed E-state index contributed by atoms with van der Waals surface area (Å²) in [6.45, 7) is 5.05. The van der Waals surface area contributed by atoms with Gasteiger partial charge in [0.2, 0.25) is 0 Å². The maximum Gasteiger partial charge on any atom is 0.414 e. The van der Waals surface area contributed by atoms with Crippen molar-refractivity contribution in [2.24, 2.45) is 0 Å². The van der Waals surface area contributed by atoms with Crippen molar-refractivity contribution < 1.29 is 28.6 Å². The SMILES string of the molecule is Cc1ccc(NC(=O)c2ccc3c(c2)OCCO3)cc1NC(=O)c1ccc2c(c1)CCC(C)N2C(=O)OCC1c2ccccc2-c2ccccc21. The summed E-state index contributed by atoms with van der Waals surface area (Å²) >= 11 is 0. The molecule has 5 aromatic rings. The van der Waals surface area contributed by atoms with Gasteiger partial charge in [-0.25, -0.2) is 4.79 Å². The fraction of sp³-hybridized carbons (Fsp3) is 0.214. The molecule has 2 N–H and O–H groups in total. The third-order valence-electron chi connectivity index (χ3n) is 9.95. The Hall–Kier alpha value is -6.09. The molecule has 3 amide bonds. The van der Waals surface area contributed by atoms with Gasteiger partial charge >= 0.3 is 6.09 Å². The van der Waals surface area contributed by atoms with Crippen molar-refractivity contribution in [3.63, 3.8) is 0 Å². The number of amides is 3. The quantitative estimate of drug-likeness (QED) is 0.187. The Balaban J connectivity index is 0.952. The van der Waals surface area contributed by atoms with Gasteiger partial charge in [-0.2, -0.15) is 0 Å². The lowest BCUT2D eigenvalue weighted by Gasteiger charge is -2.35. The maximum absolute atomic E-state index is 13.7. The summed E-state index contributed by atoms with van der Waals surface area (Å²) in [7, 11) is 0. The van der Waals surface area contributed by atoms with Crippen molar-refractivity contribution in [2.45, 2.75) is 38.6 Å². The first kappa shape index (κ1) is 32.1. The van der Waals surface area contributed by atoms with E-state index in [-0.39, 0.29) is 30.4 Å². The molecule has 3 aliphatic rings. The van der Waals surface area contributed by atoms with Crippen LogP contribution in [0.3, 0.4) is 0 Å². The van der Waals surface area contributed by atoms with E-state index in [0.717, 1.165) is 40.8 Å². The monoisotopic (exact) mass is 679 g/mol. The zero-order valence-electron chi connectivity index (χ0n) is 28.4. The van der Waals surface area contributed by atoms with Crippen LogP contribution in [-0.4, -0.2) is 43.8 Å². The first-order chi connectivity index (χ1) is 24.8. The summed E-state index contributed by atoms with van der Waals surface area (Å²) in [5.41, 5.74) is 9.21. The van der Waals surface area contributed by atoms with Crippen molar-refractivity contribution >= 4 is 35.0 Å². The molecule has 1 atom stereocenters. The Morgan fingerprint density at radius 2 is 1.43 bits per heavy atom. The molecule has 0 saturated carbocycles. The molecule has 9 nitrogen and oxygen atoms in total. The van der Waals surface area contributed by atoms with Crippen molar-refractivity contribution in [3.8, 4) is 22.6 Å². The van der Waals surface area contributed by atoms with E-state index in [2.05, 4.69) is 34.9 Å². The number of carbonyl (C=O) groups excluding carboxylic acids is 3. The number of carbonyl (C=O) groups is 3. The molecular weight excluding hydrogens is 642 g/mol. The average Bonchev–Trinajstić information content (AvgIpc) is 3.48. The van der Waals surface area contributed by atoms with Crippen LogP contribution >= 0.6 is 0 Å². The first-order valence-electron chi connectivity index (χ1n) is 17.2. The van der Waals surface area contributed by atoms with E-state index in [1.807, 2.05) is 56.3 Å². The molecule has 0 spiro atoms. The smallest absolute Gasteiger partial charge is 0.414 e. The van der Waals surface area contributed by atoms with Gasteiger partial charge in [0.05, 0.1) is 5.69 Å². The van der Waals surface area contributed by atoms with Crippen LogP contribution in [0.5, 0.6) is 11.5 Å². The maximum atomic E-state index is 13.7. The van der Waals surface area contributed by atoms with Crippen molar-refractivity contribution in [3.05, 3.63) is 137 Å². The van der Waals surface area contributed by atoms with Gasteiger partial charge in [-0.1, -0.05) is 54.6 Å². The third kappa shape index (κ3) is 6.16. The van der Waals surface area contributed by atoms with Crippen molar-refractivity contribution in [1.29, 1.82) is 0 Å². The van der Waals surface area contributed by atoms with Gasteiger partial charge < -0.3 is 24.8 Å². The zero-order valence-corrected chi connectivity index (χ0v) is 28.4. The van der Waals surface area contributed by atoms with Crippen LogP contribution in [0.15, 0.2) is 103 Å². The second-order valence-corrected chi connectivity index (χ2v) is 13.2. The fourth-order valence-electron chi connectivity index (χ4n) is 7.25. The van der Waals surface area contributed by atoms with Gasteiger partial charge in [0.15, 0.2) is 11.5 Å². The molecule has 5 aromatic carbocycles. The second-order valence-electron chi connectivity index (χ2n) is 13.2. The highest BCUT2D eigenvalue weighted by atomic mass is 16.6. The fourth-order valence-corrected chi connectivity index (χ4v) is 7.25. The minimum absolute atomic E-state index is 0.0319. The van der Waals surface area contributed by atoms with Gasteiger partial charge in [0, 0.05) is 34.5 Å². The molecule has 1 unspecified atom stereocenters. The summed E-state index contributed by atoms with van der Waals surface area (Å²) in [4.78, 5) is 42.0. The number of anilines is 3. The molecule has 51 heavy (non-hydrogen) atoms. The van der Waals surface area contributed by atoms with Gasteiger partial charge in [-0.3, -0.25) is 14.5 Å². The molecular formula is C42H37N3O6. The normalized spacial score (nSPS) is 15.6. The summed E-state index contributed by atoms with van der Waals surface area (Å²) in [5.74, 6) is 0.516. The van der Waals surface area contributed by atoms with Crippen molar-refractivity contribution in [1.82, 2.24) is 0 Å². The summed E-state index contributed by atoms with van der Waals surface area (Å²) in [6.07, 6.45) is 1.07. The topological polar surface area (TPSA) is 106 Å². The number of hydrogen-bond donors (Lipinski definition) is 2. The zero-order chi connectivity index (χ0) is 35.1. The molecule has 256 valence electrons. The van der Waals surface area contributed by atoms with E-state index in [0.29, 0.717) is 47.2 Å². The van der Waals surface area contributed by atoms with Gasteiger partial charge in [0.25, 0.3) is 11.8 Å². The number of aryl methyl sites for hydroxylation is 2. The Morgan fingerprint density at radius 3 is 2.20 bits per heavy atom. The number of fused-ring (bicyclic) bond motifs is 5. The van der Waals surface area contributed by atoms with Crippen molar-refractivity contribution in [2.75, 3.05) is 35.4 Å². The number of ether oxygens (including phenoxy) is 3. The van der Waals surface area contributed by atoms with Crippen LogP contribution in [0.2, 0.25) is 0 Å². The van der Waals surface area contributed by atoms with Crippen LogP contribution in [-0.2, 0) is 11.2 Å². The predicted molar refractivity (Wildman–Crippen MR) is 196 cm³/mol. The summed E-state index contributed by atoms with van der Waals surface area (Å²) in [5, 5.41) is 5.91. The van der Waals surface area contributed by atoms with Gasteiger partial charge in [-0.15, -0.1) is 0 Å². The second kappa shape index (κ2) is 13.3. The molecule has 2 heterocycles. The lowest BCUT2D eigenvalue weighted by atomic mass is 9.95. The number of nitrogens with zero attached hydrogens (tertiary/aromatic N) is 1. The molecule has 0 bridgehead atoms. The Bertz CT molecular complexity index is 2150. The number of hydrogen-bond acceptors (Lipinski definition) is 6. The lowest BCUT2D eigenvalue weighted by molar-refractivity contribution is 0.101. The molecule has 0 saturated heterocycles. The Morgan fingerprint density at radius 1 is 0.765 bits per heavy atom. The number of rotatable bonds is 6. The van der Waals surface area contributed by atoms with E-state index in [1.54, 1.807) is 41.3 Å². The van der Waals surface area contributed by atoms with Crippen LogP contribution in [0.25, 0.3) is 11.1 Å². The molecule has 1 aliphatic carbocycles. The van der Waals surface area contributed by atoms with Crippen LogP contribution in [0.4, 0.5) is 21.9 Å². The van der Waals surface area contributed by atoms with E-state index < -0.39 is 6.09 Å². The van der Waals surface area contributed by atoms with E-state index in [1.165, 1.54) is 11.1 Å². The number of benzene rings is 5. The highest BCUT2D eigenvalue weighted by molar-refractivity contribution is 6.07. The van der Waals surface area contributed by atoms with E-state index in [9.17, 15) is 14.4 Å². The van der Waals surface area contributed by atoms with Crippen LogP contribution in [0, 0.1) is 6.92 Å². The molecule has 8 rings (SSSR count). The lowest BCUT2D eigenvalue weighted by Crippen LogP contribution is -2.43. The van der Waals surface area contributed by atoms with Crippen LogP contribution < -0.4 is 25.0 Å². The average molecular weight is 680 g/mol. The minimum Gasteiger partial charge on any atom is -0.486 e. The molecule has 0 fully saturated rings. The largest absolute Gasteiger partial charge is 0.486 e. The summed E-state index contributed by atoms with van der Waals surface area (Å²) in [6, 6.07) is 32.4. The standard InChI is InChI=1S/C42H37N3O6/c1-25-11-16-30(43-40(46)29-15-18-38-39(22-29)50-20-19-49-38)23-36(25)44-41(47)28-14-17-37-27(21-28)13-12-26(2)45(37)42(48)51-24-35-33-9-5-3-7-31(33)32-8-4-6-10-34(32)35/h3-11,14-18,21-23,26,35H,12-13,19-20,24H2,1-2H3,(H,43,46)(H,44,47). The minimum atomic E-state index is -0.395. The van der Waals surface area contributed by atoms with Crippen LogP contribution in [0.1, 0.15) is 62.2 Å². The predicted octanol–water partition coefficient (Wildman–Crippen LogP) is 8.36. The molecule has 9 heteroatoms. The number of nitrogens with one attached hydrogen (secondary N) is 2. The Kier molecular flexibility index (Phi) is 8.39. The van der Waals surface area contributed by atoms with E-state index >= 15 is 0 Å². The van der Waals surface area contributed by atoms with E-state index in [4.69, 9.17) is 14.2 Å².